The fourth-order valence-corrected chi connectivity index (χ4v) is 3.69. The number of hydrogen-bond donors (Lipinski definition) is 1. The van der Waals surface area contributed by atoms with Gasteiger partial charge in [0.2, 0.25) is 5.95 Å². The SMILES string of the molecule is CN(CC1(O)CCCN(c2ncccn2)C1)C(=O)c1cccs1. The highest BCUT2D eigenvalue weighted by Gasteiger charge is 2.36. The lowest BCUT2D eigenvalue weighted by Crippen LogP contribution is -2.55. The van der Waals surface area contributed by atoms with E-state index >= 15 is 0 Å². The van der Waals surface area contributed by atoms with Crippen LogP contribution in [0.25, 0.3) is 0 Å². The predicted octanol–water partition coefficient (Wildman–Crippen LogP) is 1.64. The Morgan fingerprint density at radius 3 is 2.91 bits per heavy atom. The first-order valence-corrected chi connectivity index (χ1v) is 8.49. The van der Waals surface area contributed by atoms with E-state index in [4.69, 9.17) is 0 Å². The van der Waals surface area contributed by atoms with Crippen molar-refractivity contribution in [1.29, 1.82) is 0 Å². The molecule has 0 saturated carbocycles. The summed E-state index contributed by atoms with van der Waals surface area (Å²) >= 11 is 1.41. The van der Waals surface area contributed by atoms with Crippen molar-refractivity contribution in [2.75, 3.05) is 31.6 Å². The Morgan fingerprint density at radius 1 is 1.43 bits per heavy atom. The lowest BCUT2D eigenvalue weighted by atomic mass is 9.92. The van der Waals surface area contributed by atoms with Gasteiger partial charge in [0.1, 0.15) is 0 Å². The molecule has 1 aliphatic heterocycles. The molecule has 1 saturated heterocycles. The van der Waals surface area contributed by atoms with Gasteiger partial charge in [-0.2, -0.15) is 0 Å². The number of rotatable bonds is 4. The first-order chi connectivity index (χ1) is 11.1. The number of hydrogen-bond acceptors (Lipinski definition) is 6. The Hall–Kier alpha value is -1.99. The Labute approximate surface area is 139 Å². The monoisotopic (exact) mass is 332 g/mol. The topological polar surface area (TPSA) is 69.6 Å². The normalized spacial score (nSPS) is 21.2. The van der Waals surface area contributed by atoms with Crippen LogP contribution in [0.3, 0.4) is 0 Å². The Balaban J connectivity index is 1.67. The van der Waals surface area contributed by atoms with Gasteiger partial charge in [-0.3, -0.25) is 4.79 Å². The molecule has 1 amide bonds. The number of thiophene rings is 1. The zero-order valence-corrected chi connectivity index (χ0v) is 13.9. The number of β-amino-alcohol motifs (C(OH)–C–C–N with tert-alkyl or cyclic N) is 1. The number of amides is 1. The molecule has 0 bridgehead atoms. The van der Waals surface area contributed by atoms with E-state index in [1.54, 1.807) is 36.5 Å². The predicted molar refractivity (Wildman–Crippen MR) is 89.7 cm³/mol. The second kappa shape index (κ2) is 6.64. The molecule has 0 spiro atoms. The fourth-order valence-electron chi connectivity index (χ4n) is 2.97. The molecule has 2 aromatic heterocycles. The molecule has 6 nitrogen and oxygen atoms in total. The third-order valence-corrected chi connectivity index (χ3v) is 4.86. The Kier molecular flexibility index (Phi) is 4.58. The maximum absolute atomic E-state index is 12.4. The zero-order chi connectivity index (χ0) is 16.3. The van der Waals surface area contributed by atoms with Gasteiger partial charge >= 0.3 is 0 Å². The van der Waals surface area contributed by atoms with E-state index in [9.17, 15) is 9.90 Å². The maximum atomic E-state index is 12.4. The molecule has 3 heterocycles. The van der Waals surface area contributed by atoms with Crippen LogP contribution in [-0.2, 0) is 0 Å². The molecule has 1 atom stereocenters. The van der Waals surface area contributed by atoms with E-state index in [-0.39, 0.29) is 5.91 Å². The van der Waals surface area contributed by atoms with Crippen LogP contribution < -0.4 is 4.90 Å². The van der Waals surface area contributed by atoms with Gasteiger partial charge in [-0.05, 0) is 30.4 Å². The minimum Gasteiger partial charge on any atom is -0.386 e. The zero-order valence-electron chi connectivity index (χ0n) is 13.1. The highest BCUT2D eigenvalue weighted by molar-refractivity contribution is 7.12. The molecule has 1 unspecified atom stereocenters. The van der Waals surface area contributed by atoms with E-state index in [1.165, 1.54) is 11.3 Å². The molecule has 2 aromatic rings. The lowest BCUT2D eigenvalue weighted by molar-refractivity contribution is -0.000173. The quantitative estimate of drug-likeness (QED) is 0.922. The molecule has 7 heteroatoms. The van der Waals surface area contributed by atoms with Crippen LogP contribution >= 0.6 is 11.3 Å². The van der Waals surface area contributed by atoms with E-state index in [0.717, 1.165) is 13.0 Å². The van der Waals surface area contributed by atoms with Crippen molar-refractivity contribution in [3.05, 3.63) is 40.8 Å². The van der Waals surface area contributed by atoms with Gasteiger partial charge in [0.05, 0.1) is 23.6 Å². The Morgan fingerprint density at radius 2 is 2.22 bits per heavy atom. The first kappa shape index (κ1) is 15.9. The summed E-state index contributed by atoms with van der Waals surface area (Å²) in [6.45, 7) is 1.54. The van der Waals surface area contributed by atoms with Crippen molar-refractivity contribution in [2.45, 2.75) is 18.4 Å². The molecule has 122 valence electrons. The maximum Gasteiger partial charge on any atom is 0.263 e. The third kappa shape index (κ3) is 3.68. The van der Waals surface area contributed by atoms with Gasteiger partial charge in [-0.25, -0.2) is 9.97 Å². The van der Waals surface area contributed by atoms with Crippen molar-refractivity contribution in [1.82, 2.24) is 14.9 Å². The molecule has 1 aliphatic rings. The smallest absolute Gasteiger partial charge is 0.263 e. The highest BCUT2D eigenvalue weighted by atomic mass is 32.1. The van der Waals surface area contributed by atoms with Crippen LogP contribution in [0, 0.1) is 0 Å². The molecule has 1 fully saturated rings. The van der Waals surface area contributed by atoms with E-state index in [0.29, 0.717) is 30.3 Å². The number of aromatic nitrogens is 2. The summed E-state index contributed by atoms with van der Waals surface area (Å²) in [6.07, 6.45) is 4.90. The average molecular weight is 332 g/mol. The average Bonchev–Trinajstić information content (AvgIpc) is 3.09. The fraction of sp³-hybridized carbons (Fsp3) is 0.438. The van der Waals surface area contributed by atoms with Gasteiger partial charge in [0.25, 0.3) is 5.91 Å². The van der Waals surface area contributed by atoms with Crippen molar-refractivity contribution in [3.63, 3.8) is 0 Å². The number of likely N-dealkylation sites (N-methyl/N-ethyl adjacent to an activating group) is 1. The first-order valence-electron chi connectivity index (χ1n) is 7.61. The van der Waals surface area contributed by atoms with Crippen molar-refractivity contribution < 1.29 is 9.90 Å². The van der Waals surface area contributed by atoms with Crippen LogP contribution in [0.2, 0.25) is 0 Å². The molecule has 0 aliphatic carbocycles. The highest BCUT2D eigenvalue weighted by Crippen LogP contribution is 2.25. The van der Waals surface area contributed by atoms with E-state index in [1.807, 2.05) is 16.3 Å². The Bertz CT molecular complexity index is 649. The number of aliphatic hydroxyl groups is 1. The third-order valence-electron chi connectivity index (χ3n) is 4.00. The van der Waals surface area contributed by atoms with Crippen LogP contribution in [0.15, 0.2) is 36.0 Å². The van der Waals surface area contributed by atoms with Gasteiger partial charge in [0, 0.05) is 26.0 Å². The molecule has 3 rings (SSSR count). The summed E-state index contributed by atoms with van der Waals surface area (Å²) in [6, 6.07) is 5.43. The summed E-state index contributed by atoms with van der Waals surface area (Å²) in [5.74, 6) is 0.569. The van der Waals surface area contributed by atoms with Gasteiger partial charge in [-0.15, -0.1) is 11.3 Å². The summed E-state index contributed by atoms with van der Waals surface area (Å²) in [4.78, 5) is 25.1. The minimum absolute atomic E-state index is 0.0542. The molecule has 23 heavy (non-hydrogen) atoms. The number of carbonyl (C=O) groups is 1. The van der Waals surface area contributed by atoms with Gasteiger partial charge < -0.3 is 14.9 Å². The second-order valence-electron chi connectivity index (χ2n) is 5.94. The molecule has 0 radical (unpaired) electrons. The van der Waals surface area contributed by atoms with Crippen LogP contribution in [0.1, 0.15) is 22.5 Å². The standard InChI is InChI=1S/C16H20N4O2S/c1-19(14(21)13-5-2-10-23-13)11-16(22)6-3-9-20(12-16)15-17-7-4-8-18-15/h2,4-5,7-8,10,22H,3,6,9,11-12H2,1H3. The van der Waals surface area contributed by atoms with Crippen LogP contribution in [0.4, 0.5) is 5.95 Å². The molecule has 1 N–H and O–H groups in total. The molecular weight excluding hydrogens is 312 g/mol. The van der Waals surface area contributed by atoms with Gasteiger partial charge in [-0.1, -0.05) is 6.07 Å². The van der Waals surface area contributed by atoms with Crippen molar-refractivity contribution in [2.24, 2.45) is 0 Å². The van der Waals surface area contributed by atoms with Crippen molar-refractivity contribution in [3.8, 4) is 0 Å². The largest absolute Gasteiger partial charge is 0.386 e. The van der Waals surface area contributed by atoms with E-state index in [2.05, 4.69) is 9.97 Å². The van der Waals surface area contributed by atoms with Crippen LogP contribution in [0.5, 0.6) is 0 Å². The van der Waals surface area contributed by atoms with Crippen LogP contribution in [-0.4, -0.2) is 58.2 Å². The number of nitrogens with zero attached hydrogens (tertiary/aromatic N) is 4. The summed E-state index contributed by atoms with van der Waals surface area (Å²) in [5, 5.41) is 12.8. The number of carbonyl (C=O) groups excluding carboxylic acids is 1. The van der Waals surface area contributed by atoms with Crippen molar-refractivity contribution >= 4 is 23.2 Å². The van der Waals surface area contributed by atoms with Gasteiger partial charge in [0.15, 0.2) is 0 Å². The number of anilines is 1. The molecular formula is C16H20N4O2S. The number of piperidine rings is 1. The lowest BCUT2D eigenvalue weighted by Gasteiger charge is -2.41. The summed E-state index contributed by atoms with van der Waals surface area (Å²) in [7, 11) is 1.73. The minimum atomic E-state index is -0.945. The summed E-state index contributed by atoms with van der Waals surface area (Å²) in [5.41, 5.74) is -0.945. The van der Waals surface area contributed by atoms with E-state index < -0.39 is 5.60 Å². The second-order valence-corrected chi connectivity index (χ2v) is 6.88. The summed E-state index contributed by atoms with van der Waals surface area (Å²) < 4.78 is 0. The molecule has 0 aromatic carbocycles.